The van der Waals surface area contributed by atoms with Gasteiger partial charge in [0.2, 0.25) is 11.8 Å². The number of Topliss-reactive ketones (excluding diaryl/α,β-unsaturated/α-hetero) is 1. The van der Waals surface area contributed by atoms with Gasteiger partial charge < -0.3 is 43.4 Å². The number of amides is 4. The highest BCUT2D eigenvalue weighted by Crippen LogP contribution is 2.35. The molecule has 4 amide bonds. The number of carboxylic acid groups (broad SMARTS) is 1. The van der Waals surface area contributed by atoms with Gasteiger partial charge in [0, 0.05) is 18.7 Å². The number of imide groups is 1. The minimum Gasteiger partial charge on any atom is -0.481 e. The van der Waals surface area contributed by atoms with Crippen molar-refractivity contribution in [1.29, 1.82) is 0 Å². The molecule has 1 aliphatic rings. The van der Waals surface area contributed by atoms with E-state index in [-0.39, 0.29) is 18.5 Å². The van der Waals surface area contributed by atoms with Gasteiger partial charge in [0.1, 0.15) is 6.61 Å². The molecule has 1 saturated heterocycles. The van der Waals surface area contributed by atoms with E-state index in [0.29, 0.717) is 4.90 Å². The summed E-state index contributed by atoms with van der Waals surface area (Å²) in [4.78, 5) is 100. The van der Waals surface area contributed by atoms with Crippen LogP contribution in [0.4, 0.5) is 0 Å². The highest BCUT2D eigenvalue weighted by Gasteiger charge is 2.60. The Morgan fingerprint density at radius 2 is 1.87 bits per heavy atom. The van der Waals surface area contributed by atoms with Gasteiger partial charge in [-0.3, -0.25) is 43.5 Å². The zero-order valence-corrected chi connectivity index (χ0v) is 26.8. The smallest absolute Gasteiger partial charge is 0.311 e. The van der Waals surface area contributed by atoms with Crippen LogP contribution in [0.1, 0.15) is 64.2 Å². The molecule has 1 aliphatic heterocycles. The number of aliphatic carboxylic acids is 1. The molecule has 2 rings (SSSR count). The van der Waals surface area contributed by atoms with Crippen molar-refractivity contribution in [2.24, 2.45) is 39.3 Å². The first-order valence-corrected chi connectivity index (χ1v) is 14.8. The van der Waals surface area contributed by atoms with E-state index in [9.17, 15) is 38.7 Å². The molecule has 11 N–H and O–H groups in total. The number of carbonyl (C=O) groups is 7. The number of aliphatic imine (C=N–C) groups is 1. The lowest BCUT2D eigenvalue weighted by molar-refractivity contribution is -0.168. The molecule has 0 bridgehead atoms. The third kappa shape index (κ3) is 9.32. The number of nitrogens with two attached hydrogens (primary N) is 4. The Hall–Kier alpha value is -4.90. The molecule has 0 radical (unpaired) electrons. The molecule has 258 valence electrons. The number of ketones is 1. The second kappa shape index (κ2) is 16.1. The molecule has 1 aromatic carbocycles. The van der Waals surface area contributed by atoms with Crippen LogP contribution in [-0.2, 0) is 40.0 Å². The molecule has 1 aromatic rings. The molecular formula is C30H44N8O9. The zero-order chi connectivity index (χ0) is 36.6. The first-order chi connectivity index (χ1) is 22.3. The fraction of sp³-hybridized carbons (Fsp3) is 0.533. The molecule has 0 saturated carbocycles. The normalized spacial score (nSPS) is 21.1. The standard InChI is InChI=1S/C30H44N8O9/c1-5-19(32)25(44)38(24(43)17-8-6-7-16(11-17)13-31)30(15-47-27(46)29(2,3)4)18(9-10-35-28(33)34)23(42)20(12-22(40)41)37-21(39)14-36-26(30)45/h6-8,11,18-20H,5,9-10,12-15,31-32H2,1-4H3,(H,36,45)(H,37,39)(H,40,41)(H4,33,34,35)/t18?,19?,20-,30-/m0/s1/i11D. The van der Waals surface area contributed by atoms with Crippen molar-refractivity contribution in [3.8, 4) is 0 Å². The maximum absolute atomic E-state index is 14.6. The number of carboxylic acids is 1. The second-order valence-corrected chi connectivity index (χ2v) is 12.0. The Bertz CT molecular complexity index is 1470. The molecule has 47 heavy (non-hydrogen) atoms. The number of carbonyl (C=O) groups excluding carboxylic acids is 6. The van der Waals surface area contributed by atoms with Gasteiger partial charge >= 0.3 is 11.9 Å². The highest BCUT2D eigenvalue weighted by atomic mass is 16.5. The topological polar surface area (TPSA) is 293 Å². The summed E-state index contributed by atoms with van der Waals surface area (Å²) in [6, 6.07) is 0.382. The lowest BCUT2D eigenvalue weighted by Gasteiger charge is -2.46. The third-order valence-electron chi connectivity index (χ3n) is 7.41. The van der Waals surface area contributed by atoms with E-state index >= 15 is 0 Å². The van der Waals surface area contributed by atoms with Crippen molar-refractivity contribution in [2.45, 2.75) is 71.1 Å². The van der Waals surface area contributed by atoms with Gasteiger partial charge in [-0.05, 0) is 51.3 Å². The maximum atomic E-state index is 14.6. The minimum absolute atomic E-state index is 0.0764. The fourth-order valence-corrected chi connectivity index (χ4v) is 4.88. The SMILES string of the molecule is [2H]c1c(CN)cccc1C(=O)N(C(=O)C(N)CC)[C@]1(COC(=O)C(C)(C)C)C(=O)NCC(=O)N[C@@H](CC(=O)O)C(=O)C1CCN=C(N)N. The van der Waals surface area contributed by atoms with Crippen LogP contribution in [0.3, 0.4) is 0 Å². The Balaban J connectivity index is 3.16. The molecule has 1 heterocycles. The summed E-state index contributed by atoms with van der Waals surface area (Å²) in [5.41, 5.74) is 18.7. The first kappa shape index (κ1) is 36.6. The summed E-state index contributed by atoms with van der Waals surface area (Å²) >= 11 is 0. The third-order valence-corrected chi connectivity index (χ3v) is 7.41. The number of guanidine groups is 1. The van der Waals surface area contributed by atoms with E-state index in [2.05, 4.69) is 15.6 Å². The average molecular weight is 662 g/mol. The summed E-state index contributed by atoms with van der Waals surface area (Å²) in [6.07, 6.45) is -1.56. The zero-order valence-electron chi connectivity index (χ0n) is 27.8. The molecule has 2 unspecified atom stereocenters. The van der Waals surface area contributed by atoms with Crippen LogP contribution in [0.5, 0.6) is 0 Å². The maximum Gasteiger partial charge on any atom is 0.311 e. The van der Waals surface area contributed by atoms with E-state index in [1.54, 1.807) is 0 Å². The molecule has 1 fully saturated rings. The molecule has 0 aliphatic carbocycles. The fourth-order valence-electron chi connectivity index (χ4n) is 4.88. The van der Waals surface area contributed by atoms with Crippen molar-refractivity contribution in [2.75, 3.05) is 19.7 Å². The largest absolute Gasteiger partial charge is 0.481 e. The average Bonchev–Trinajstić information content (AvgIpc) is 3.04. The van der Waals surface area contributed by atoms with E-state index in [4.69, 9.17) is 29.0 Å². The predicted octanol–water partition coefficient (Wildman–Crippen LogP) is -1.88. The summed E-state index contributed by atoms with van der Waals surface area (Å²) in [5, 5.41) is 14.2. The van der Waals surface area contributed by atoms with Gasteiger partial charge in [-0.2, -0.15) is 0 Å². The second-order valence-electron chi connectivity index (χ2n) is 12.0. The quantitative estimate of drug-likeness (QED) is 0.0734. The summed E-state index contributed by atoms with van der Waals surface area (Å²) in [6.45, 7) is 3.42. The van der Waals surface area contributed by atoms with Crippen molar-refractivity contribution < 1.29 is 44.8 Å². The first-order valence-electron chi connectivity index (χ1n) is 15.3. The number of nitrogens with zero attached hydrogens (tertiary/aromatic N) is 2. The van der Waals surface area contributed by atoms with Crippen LogP contribution in [0.2, 0.25) is 0 Å². The number of nitrogens with one attached hydrogen (secondary N) is 2. The monoisotopic (exact) mass is 661 g/mol. The summed E-state index contributed by atoms with van der Waals surface area (Å²) in [7, 11) is 0. The molecule has 0 spiro atoms. The van der Waals surface area contributed by atoms with Gasteiger partial charge in [0.15, 0.2) is 17.3 Å². The molecule has 17 heteroatoms. The Morgan fingerprint density at radius 3 is 2.43 bits per heavy atom. The van der Waals surface area contributed by atoms with Crippen LogP contribution in [0, 0.1) is 11.3 Å². The van der Waals surface area contributed by atoms with E-state index in [1.165, 1.54) is 45.9 Å². The van der Waals surface area contributed by atoms with Gasteiger partial charge in [-0.1, -0.05) is 19.1 Å². The van der Waals surface area contributed by atoms with Crippen LogP contribution in [-0.4, -0.2) is 94.6 Å². The van der Waals surface area contributed by atoms with E-state index in [0.717, 1.165) is 0 Å². The van der Waals surface area contributed by atoms with Crippen LogP contribution < -0.4 is 33.6 Å². The lowest BCUT2D eigenvalue weighted by Crippen LogP contribution is -2.72. The number of hydrogen-bond acceptors (Lipinski definition) is 11. The van der Waals surface area contributed by atoms with Crippen LogP contribution >= 0.6 is 0 Å². The van der Waals surface area contributed by atoms with E-state index < -0.39 is 120 Å². The van der Waals surface area contributed by atoms with Gasteiger partial charge in [-0.15, -0.1) is 0 Å². The number of rotatable bonds is 12. The summed E-state index contributed by atoms with van der Waals surface area (Å²) in [5.74, 6) is -10.6. The number of ether oxygens (including phenoxy) is 1. The molecule has 0 aromatic heterocycles. The van der Waals surface area contributed by atoms with Crippen LogP contribution in [0.15, 0.2) is 29.2 Å². The molecular weight excluding hydrogens is 616 g/mol. The Kier molecular flexibility index (Phi) is 12.5. The van der Waals surface area contributed by atoms with Crippen molar-refractivity contribution >= 4 is 47.3 Å². The van der Waals surface area contributed by atoms with Crippen molar-refractivity contribution in [3.05, 3.63) is 35.4 Å². The van der Waals surface area contributed by atoms with Gasteiger partial charge in [-0.25, -0.2) is 0 Å². The number of esters is 1. The van der Waals surface area contributed by atoms with Crippen LogP contribution in [0.25, 0.3) is 0 Å². The predicted molar refractivity (Wildman–Crippen MR) is 168 cm³/mol. The summed E-state index contributed by atoms with van der Waals surface area (Å²) < 4.78 is 14.3. The van der Waals surface area contributed by atoms with Crippen molar-refractivity contribution in [1.82, 2.24) is 15.5 Å². The Labute approximate surface area is 273 Å². The van der Waals surface area contributed by atoms with Crippen molar-refractivity contribution in [3.63, 3.8) is 0 Å². The highest BCUT2D eigenvalue weighted by molar-refractivity contribution is 6.13. The lowest BCUT2D eigenvalue weighted by atomic mass is 9.74. The van der Waals surface area contributed by atoms with Gasteiger partial charge in [0.05, 0.1) is 37.8 Å². The van der Waals surface area contributed by atoms with E-state index in [1.807, 2.05) is 0 Å². The number of benzene rings is 1. The van der Waals surface area contributed by atoms with Gasteiger partial charge in [0.25, 0.3) is 11.8 Å². The Morgan fingerprint density at radius 1 is 1.21 bits per heavy atom. The molecule has 4 atom stereocenters. The minimum atomic E-state index is -2.83. The number of hydrogen-bond donors (Lipinski definition) is 7. The molecule has 17 nitrogen and oxygen atoms in total.